The van der Waals surface area contributed by atoms with Crippen molar-refractivity contribution in [2.24, 2.45) is 10.8 Å². The Morgan fingerprint density at radius 2 is 1.92 bits per heavy atom. The molecule has 2 aromatic rings. The number of nitrogens with one attached hydrogen (secondary N) is 2. The van der Waals surface area contributed by atoms with Crippen LogP contribution in [0.1, 0.15) is 12.6 Å². The van der Waals surface area contributed by atoms with Crippen LogP contribution in [0, 0.1) is 0 Å². The van der Waals surface area contributed by atoms with E-state index in [1.54, 1.807) is 24.4 Å². The van der Waals surface area contributed by atoms with E-state index >= 15 is 0 Å². The van der Waals surface area contributed by atoms with Gasteiger partial charge < -0.3 is 5.73 Å². The molecule has 0 bridgehead atoms. The summed E-state index contributed by atoms with van der Waals surface area (Å²) in [6.45, 7) is 1.82. The molecule has 0 saturated heterocycles. The molecule has 0 radical (unpaired) electrons. The first-order valence-corrected chi connectivity index (χ1v) is 8.05. The van der Waals surface area contributed by atoms with Crippen LogP contribution < -0.4 is 21.6 Å². The molecule has 1 heterocycles. The fourth-order valence-corrected chi connectivity index (χ4v) is 2.26. The molecule has 24 heavy (non-hydrogen) atoms. The van der Waals surface area contributed by atoms with E-state index in [1.807, 2.05) is 31.2 Å². The van der Waals surface area contributed by atoms with Gasteiger partial charge in [-0.05, 0) is 55.6 Å². The Kier molecular flexibility index (Phi) is 6.42. The number of hydrazine groups is 1. The van der Waals surface area contributed by atoms with Gasteiger partial charge in [0.15, 0.2) is 5.11 Å². The zero-order chi connectivity index (χ0) is 17.5. The highest BCUT2D eigenvalue weighted by atomic mass is 35.5. The highest BCUT2D eigenvalue weighted by Gasteiger charge is 2.13. The number of anilines is 1. The molecule has 0 spiro atoms. The van der Waals surface area contributed by atoms with Crippen molar-refractivity contribution in [3.05, 3.63) is 59.4 Å². The average Bonchev–Trinajstić information content (AvgIpc) is 2.59. The molecular formula is C15H15ClN6S2. The molecule has 1 aromatic heterocycles. The van der Waals surface area contributed by atoms with E-state index in [4.69, 9.17) is 41.8 Å². The van der Waals surface area contributed by atoms with Crippen LogP contribution >= 0.6 is 36.0 Å². The van der Waals surface area contributed by atoms with E-state index in [0.717, 1.165) is 5.69 Å². The largest absolute Gasteiger partial charge is 0.374 e. The van der Waals surface area contributed by atoms with Crippen molar-refractivity contribution in [1.29, 1.82) is 0 Å². The number of nitrogens with two attached hydrogens (primary N) is 1. The van der Waals surface area contributed by atoms with E-state index in [-0.39, 0.29) is 10.2 Å². The lowest BCUT2D eigenvalue weighted by Crippen LogP contribution is -2.51. The van der Waals surface area contributed by atoms with Gasteiger partial charge in [-0.25, -0.2) is 5.01 Å². The molecule has 6 nitrogen and oxygen atoms in total. The summed E-state index contributed by atoms with van der Waals surface area (Å²) in [4.78, 5) is 4.20. The van der Waals surface area contributed by atoms with Crippen molar-refractivity contribution in [2.45, 2.75) is 6.92 Å². The maximum absolute atomic E-state index is 6.16. The number of thiocarbonyl (C=S) groups is 2. The Bertz CT molecular complexity index is 766. The maximum Gasteiger partial charge on any atom is 0.206 e. The summed E-state index contributed by atoms with van der Waals surface area (Å²) in [5.41, 5.74) is 13.3. The summed E-state index contributed by atoms with van der Waals surface area (Å²) in [7, 11) is 0. The Balaban J connectivity index is 2.07. The quantitative estimate of drug-likeness (QED) is 0.430. The van der Waals surface area contributed by atoms with E-state index in [1.165, 1.54) is 5.01 Å². The number of rotatable bonds is 3. The third kappa shape index (κ3) is 4.85. The standard InChI is InChI=1S/C15H15ClN6S2/c1-10(12-7-4-5-9-18-12)19-20-15(24)21-22(14(17)23)13-8-3-2-6-11(13)16/h2-9H,1H3,(H2,17,23)(H2,20,21,24)/b19-10+. The van der Waals surface area contributed by atoms with Crippen molar-refractivity contribution in [3.63, 3.8) is 0 Å². The monoisotopic (exact) mass is 378 g/mol. The second-order valence-corrected chi connectivity index (χ2v) is 5.82. The van der Waals surface area contributed by atoms with Gasteiger partial charge in [0.1, 0.15) is 0 Å². The van der Waals surface area contributed by atoms with Gasteiger partial charge in [0.05, 0.1) is 22.1 Å². The number of pyridine rings is 1. The molecule has 0 fully saturated rings. The molecule has 9 heteroatoms. The summed E-state index contributed by atoms with van der Waals surface area (Å²) in [5.74, 6) is 0. The first-order valence-electron chi connectivity index (χ1n) is 6.85. The number of hydrazone groups is 1. The molecule has 0 aliphatic heterocycles. The van der Waals surface area contributed by atoms with Gasteiger partial charge >= 0.3 is 0 Å². The van der Waals surface area contributed by atoms with Gasteiger partial charge in [-0.1, -0.05) is 29.8 Å². The maximum atomic E-state index is 6.16. The predicted molar refractivity (Wildman–Crippen MR) is 106 cm³/mol. The fraction of sp³-hybridized carbons (Fsp3) is 0.0667. The molecule has 0 unspecified atom stereocenters. The third-order valence-corrected chi connectivity index (χ3v) is 3.57. The first kappa shape index (κ1) is 18.1. The van der Waals surface area contributed by atoms with Crippen molar-refractivity contribution < 1.29 is 0 Å². The first-order chi connectivity index (χ1) is 11.5. The zero-order valence-electron chi connectivity index (χ0n) is 12.7. The molecule has 0 aliphatic rings. The molecule has 0 aliphatic carbocycles. The summed E-state index contributed by atoms with van der Waals surface area (Å²) < 4.78 is 0. The smallest absolute Gasteiger partial charge is 0.206 e. The number of hydrogen-bond acceptors (Lipinski definition) is 4. The second-order valence-electron chi connectivity index (χ2n) is 4.59. The van der Waals surface area contributed by atoms with Crippen LogP contribution in [0.3, 0.4) is 0 Å². The lowest BCUT2D eigenvalue weighted by molar-refractivity contribution is 0.898. The lowest BCUT2D eigenvalue weighted by atomic mass is 10.3. The summed E-state index contributed by atoms with van der Waals surface area (Å²) in [6.07, 6.45) is 1.69. The Morgan fingerprint density at radius 3 is 2.54 bits per heavy atom. The summed E-state index contributed by atoms with van der Waals surface area (Å²) in [5, 5.41) is 6.34. The highest BCUT2D eigenvalue weighted by molar-refractivity contribution is 7.80. The number of para-hydroxylation sites is 1. The zero-order valence-corrected chi connectivity index (χ0v) is 15.1. The minimum Gasteiger partial charge on any atom is -0.374 e. The summed E-state index contributed by atoms with van der Waals surface area (Å²) >= 11 is 16.4. The third-order valence-electron chi connectivity index (χ3n) is 2.89. The molecule has 0 atom stereocenters. The molecule has 124 valence electrons. The number of halogens is 1. The minimum atomic E-state index is 0.0673. The van der Waals surface area contributed by atoms with Gasteiger partial charge in [-0.15, -0.1) is 0 Å². The number of benzene rings is 1. The van der Waals surface area contributed by atoms with Crippen LogP contribution in [0.5, 0.6) is 0 Å². The predicted octanol–water partition coefficient (Wildman–Crippen LogP) is 2.59. The topological polar surface area (TPSA) is 78.6 Å². The normalized spacial score (nSPS) is 10.8. The number of aromatic nitrogens is 1. The van der Waals surface area contributed by atoms with Crippen LogP contribution in [0.15, 0.2) is 53.8 Å². The SMILES string of the molecule is C/C(=N\NC(=S)NN(C(N)=S)c1ccccc1Cl)c1ccccn1. The van der Waals surface area contributed by atoms with Gasteiger partial charge in [-0.3, -0.25) is 15.8 Å². The van der Waals surface area contributed by atoms with Crippen molar-refractivity contribution in [1.82, 2.24) is 15.8 Å². The van der Waals surface area contributed by atoms with E-state index < -0.39 is 0 Å². The van der Waals surface area contributed by atoms with Crippen LogP contribution in [0.25, 0.3) is 0 Å². The van der Waals surface area contributed by atoms with Gasteiger partial charge in [0, 0.05) is 6.20 Å². The van der Waals surface area contributed by atoms with Crippen LogP contribution in [-0.4, -0.2) is 20.9 Å². The fourth-order valence-electron chi connectivity index (χ4n) is 1.76. The van der Waals surface area contributed by atoms with E-state index in [0.29, 0.717) is 16.4 Å². The Labute approximate surface area is 155 Å². The second kappa shape index (κ2) is 8.53. The molecule has 0 saturated carbocycles. The Morgan fingerprint density at radius 1 is 1.21 bits per heavy atom. The molecule has 1 aromatic carbocycles. The number of hydrogen-bond donors (Lipinski definition) is 3. The van der Waals surface area contributed by atoms with Crippen LogP contribution in [-0.2, 0) is 0 Å². The van der Waals surface area contributed by atoms with Gasteiger partial charge in [0.25, 0.3) is 0 Å². The molecule has 4 N–H and O–H groups in total. The molecular weight excluding hydrogens is 364 g/mol. The molecule has 0 amide bonds. The van der Waals surface area contributed by atoms with Crippen molar-refractivity contribution in [3.8, 4) is 0 Å². The molecule has 2 rings (SSSR count). The van der Waals surface area contributed by atoms with E-state index in [9.17, 15) is 0 Å². The van der Waals surface area contributed by atoms with E-state index in [2.05, 4.69) is 20.9 Å². The van der Waals surface area contributed by atoms with Gasteiger partial charge in [-0.2, -0.15) is 5.10 Å². The Hall–Kier alpha value is -2.29. The summed E-state index contributed by atoms with van der Waals surface area (Å²) in [6, 6.07) is 12.7. The van der Waals surface area contributed by atoms with Crippen molar-refractivity contribution in [2.75, 3.05) is 5.01 Å². The highest BCUT2D eigenvalue weighted by Crippen LogP contribution is 2.23. The van der Waals surface area contributed by atoms with Gasteiger partial charge in [0.2, 0.25) is 5.11 Å². The lowest BCUT2D eigenvalue weighted by Gasteiger charge is -2.25. The van der Waals surface area contributed by atoms with Crippen LogP contribution in [0.4, 0.5) is 5.69 Å². The van der Waals surface area contributed by atoms with Crippen LogP contribution in [0.2, 0.25) is 5.02 Å². The minimum absolute atomic E-state index is 0.0673. The number of nitrogens with zero attached hydrogens (tertiary/aromatic N) is 3. The average molecular weight is 379 g/mol. The van der Waals surface area contributed by atoms with Crippen molar-refractivity contribution >= 4 is 57.7 Å².